The van der Waals surface area contributed by atoms with Gasteiger partial charge in [-0.1, -0.05) is 0 Å². The summed E-state index contributed by atoms with van der Waals surface area (Å²) in [5.74, 6) is 1.30. The lowest BCUT2D eigenvalue weighted by Crippen LogP contribution is -1.98. The van der Waals surface area contributed by atoms with Crippen LogP contribution in [-0.4, -0.2) is 19.3 Å². The van der Waals surface area contributed by atoms with Crippen molar-refractivity contribution < 1.29 is 14.6 Å². The molecule has 78 valence electrons. The van der Waals surface area contributed by atoms with Gasteiger partial charge < -0.3 is 14.6 Å². The minimum Gasteiger partial charge on any atom is -0.495 e. The van der Waals surface area contributed by atoms with Gasteiger partial charge in [0.2, 0.25) is 0 Å². The van der Waals surface area contributed by atoms with E-state index in [9.17, 15) is 5.11 Å². The molecule has 0 spiro atoms. The Labute approximate surface area is 91.8 Å². The van der Waals surface area contributed by atoms with Crippen molar-refractivity contribution in [3.05, 3.63) is 22.2 Å². The predicted octanol–water partition coefficient (Wildman–Crippen LogP) is 2.52. The molecule has 0 bridgehead atoms. The summed E-state index contributed by atoms with van der Waals surface area (Å²) in [6, 6.07) is 3.57. The summed E-state index contributed by atoms with van der Waals surface area (Å²) in [5.41, 5.74) is 0.736. The van der Waals surface area contributed by atoms with Gasteiger partial charge in [0.1, 0.15) is 16.0 Å². The molecule has 0 radical (unpaired) electrons. The van der Waals surface area contributed by atoms with Gasteiger partial charge in [-0.15, -0.1) is 0 Å². The van der Waals surface area contributed by atoms with Gasteiger partial charge in [-0.2, -0.15) is 0 Å². The lowest BCUT2D eigenvalue weighted by atomic mass is 10.1. The van der Waals surface area contributed by atoms with Crippen LogP contribution in [0.2, 0.25) is 0 Å². The van der Waals surface area contributed by atoms with Gasteiger partial charge in [-0.25, -0.2) is 0 Å². The largest absolute Gasteiger partial charge is 0.495 e. The van der Waals surface area contributed by atoms with E-state index in [1.807, 2.05) is 0 Å². The van der Waals surface area contributed by atoms with Gasteiger partial charge in [0, 0.05) is 5.56 Å². The van der Waals surface area contributed by atoms with E-state index in [1.54, 1.807) is 33.3 Å². The summed E-state index contributed by atoms with van der Waals surface area (Å²) in [5, 5.41) is 9.48. The molecule has 3 nitrogen and oxygen atoms in total. The standard InChI is InChI=1S/C10H13BrO3/c1-6(12)7-4-5-8(13-2)9(11)10(7)14-3/h4-6,12H,1-3H3/t6-/m1/s1. The van der Waals surface area contributed by atoms with Crippen LogP contribution >= 0.6 is 15.9 Å². The van der Waals surface area contributed by atoms with Crippen LogP contribution in [0.3, 0.4) is 0 Å². The van der Waals surface area contributed by atoms with Crippen molar-refractivity contribution in [1.29, 1.82) is 0 Å². The molecule has 0 unspecified atom stereocenters. The van der Waals surface area contributed by atoms with E-state index in [0.29, 0.717) is 11.5 Å². The third kappa shape index (κ3) is 2.01. The Bertz CT molecular complexity index is 323. The average Bonchev–Trinajstić information content (AvgIpc) is 2.17. The molecular formula is C10H13BrO3. The third-order valence-corrected chi connectivity index (χ3v) is 2.72. The molecule has 0 fully saturated rings. The van der Waals surface area contributed by atoms with E-state index < -0.39 is 6.10 Å². The maximum absolute atomic E-state index is 9.48. The van der Waals surface area contributed by atoms with Crippen molar-refractivity contribution in [2.45, 2.75) is 13.0 Å². The zero-order valence-electron chi connectivity index (χ0n) is 8.37. The van der Waals surface area contributed by atoms with E-state index in [4.69, 9.17) is 9.47 Å². The minimum absolute atomic E-state index is 0.563. The van der Waals surface area contributed by atoms with Gasteiger partial charge in [-0.3, -0.25) is 0 Å². The molecule has 1 N–H and O–H groups in total. The monoisotopic (exact) mass is 260 g/mol. The lowest BCUT2D eigenvalue weighted by Gasteiger charge is -2.14. The third-order valence-electron chi connectivity index (χ3n) is 1.97. The Morgan fingerprint density at radius 1 is 1.29 bits per heavy atom. The Morgan fingerprint density at radius 2 is 1.93 bits per heavy atom. The maximum atomic E-state index is 9.48. The molecule has 1 aromatic carbocycles. The van der Waals surface area contributed by atoms with Crippen LogP contribution in [-0.2, 0) is 0 Å². The Hall–Kier alpha value is -0.740. The molecule has 1 aromatic rings. The Balaban J connectivity index is 3.28. The molecule has 0 saturated heterocycles. The molecule has 4 heteroatoms. The molecular weight excluding hydrogens is 248 g/mol. The van der Waals surface area contributed by atoms with Crippen LogP contribution in [0.25, 0.3) is 0 Å². The molecule has 0 aliphatic heterocycles. The number of hydrogen-bond donors (Lipinski definition) is 1. The fourth-order valence-electron chi connectivity index (χ4n) is 1.25. The quantitative estimate of drug-likeness (QED) is 0.908. The zero-order chi connectivity index (χ0) is 10.7. The lowest BCUT2D eigenvalue weighted by molar-refractivity contribution is 0.194. The normalized spacial score (nSPS) is 12.4. The summed E-state index contributed by atoms with van der Waals surface area (Å²) in [6.45, 7) is 1.69. The number of hydrogen-bond acceptors (Lipinski definition) is 3. The second-order valence-corrected chi connectivity index (χ2v) is 3.67. The first kappa shape index (κ1) is 11.3. The Kier molecular flexibility index (Phi) is 3.77. The van der Waals surface area contributed by atoms with Crippen LogP contribution in [0.4, 0.5) is 0 Å². The predicted molar refractivity (Wildman–Crippen MR) is 57.9 cm³/mol. The van der Waals surface area contributed by atoms with Gasteiger partial charge in [0.05, 0.1) is 20.3 Å². The average molecular weight is 261 g/mol. The highest BCUT2D eigenvalue weighted by molar-refractivity contribution is 9.10. The molecule has 0 saturated carbocycles. The van der Waals surface area contributed by atoms with Crippen molar-refractivity contribution >= 4 is 15.9 Å². The Morgan fingerprint density at radius 3 is 2.36 bits per heavy atom. The minimum atomic E-state index is -0.563. The van der Waals surface area contributed by atoms with Crippen LogP contribution in [0.1, 0.15) is 18.6 Å². The van der Waals surface area contributed by atoms with Gasteiger partial charge >= 0.3 is 0 Å². The number of ether oxygens (including phenoxy) is 2. The maximum Gasteiger partial charge on any atom is 0.142 e. The van der Waals surface area contributed by atoms with Crippen LogP contribution in [0.15, 0.2) is 16.6 Å². The summed E-state index contributed by atoms with van der Waals surface area (Å²) >= 11 is 3.36. The SMILES string of the molecule is COc1ccc([C@@H](C)O)c(OC)c1Br. The molecule has 0 aliphatic carbocycles. The van der Waals surface area contributed by atoms with E-state index in [-0.39, 0.29) is 0 Å². The van der Waals surface area contributed by atoms with E-state index in [2.05, 4.69) is 15.9 Å². The second kappa shape index (κ2) is 4.66. The highest BCUT2D eigenvalue weighted by Gasteiger charge is 2.15. The molecule has 14 heavy (non-hydrogen) atoms. The van der Waals surface area contributed by atoms with Crippen LogP contribution in [0.5, 0.6) is 11.5 Å². The van der Waals surface area contributed by atoms with Crippen molar-refractivity contribution in [3.8, 4) is 11.5 Å². The second-order valence-electron chi connectivity index (χ2n) is 2.88. The summed E-state index contributed by atoms with van der Waals surface area (Å²) in [4.78, 5) is 0. The molecule has 0 amide bonds. The fourth-order valence-corrected chi connectivity index (χ4v) is 1.93. The summed E-state index contributed by atoms with van der Waals surface area (Å²) in [7, 11) is 3.15. The highest BCUT2D eigenvalue weighted by Crippen LogP contribution is 2.39. The number of rotatable bonds is 3. The van der Waals surface area contributed by atoms with Crippen LogP contribution < -0.4 is 9.47 Å². The van der Waals surface area contributed by atoms with E-state index in [1.165, 1.54) is 0 Å². The number of aliphatic hydroxyl groups excluding tert-OH is 1. The van der Waals surface area contributed by atoms with Gasteiger partial charge in [0.15, 0.2) is 0 Å². The first-order chi connectivity index (χ1) is 6.61. The zero-order valence-corrected chi connectivity index (χ0v) is 9.96. The number of benzene rings is 1. The highest BCUT2D eigenvalue weighted by atomic mass is 79.9. The summed E-state index contributed by atoms with van der Waals surface area (Å²) in [6.07, 6.45) is -0.563. The van der Waals surface area contributed by atoms with E-state index >= 15 is 0 Å². The fraction of sp³-hybridized carbons (Fsp3) is 0.400. The van der Waals surface area contributed by atoms with Gasteiger partial charge in [0.25, 0.3) is 0 Å². The van der Waals surface area contributed by atoms with Crippen molar-refractivity contribution in [2.24, 2.45) is 0 Å². The van der Waals surface area contributed by atoms with E-state index in [0.717, 1.165) is 10.0 Å². The molecule has 0 aromatic heterocycles. The summed E-state index contributed by atoms with van der Waals surface area (Å²) < 4.78 is 11.0. The number of halogens is 1. The smallest absolute Gasteiger partial charge is 0.142 e. The van der Waals surface area contributed by atoms with Crippen molar-refractivity contribution in [3.63, 3.8) is 0 Å². The topological polar surface area (TPSA) is 38.7 Å². The first-order valence-corrected chi connectivity index (χ1v) is 4.99. The molecule has 1 atom stereocenters. The van der Waals surface area contributed by atoms with Crippen LogP contribution in [0, 0.1) is 0 Å². The number of methoxy groups -OCH3 is 2. The number of aliphatic hydroxyl groups is 1. The van der Waals surface area contributed by atoms with Crippen molar-refractivity contribution in [1.82, 2.24) is 0 Å². The molecule has 0 heterocycles. The molecule has 0 aliphatic rings. The first-order valence-electron chi connectivity index (χ1n) is 4.20. The van der Waals surface area contributed by atoms with Crippen molar-refractivity contribution in [2.75, 3.05) is 14.2 Å². The molecule has 1 rings (SSSR count). The van der Waals surface area contributed by atoms with Gasteiger partial charge in [-0.05, 0) is 35.0 Å².